The Balaban J connectivity index is 2.45. The van der Waals surface area contributed by atoms with Crippen LogP contribution in [-0.4, -0.2) is 25.7 Å². The minimum atomic E-state index is -2.49. The Morgan fingerprint density at radius 2 is 2.11 bits per heavy atom. The van der Waals surface area contributed by atoms with Gasteiger partial charge in [0.05, 0.1) is 5.02 Å². The molecule has 108 valence electrons. The van der Waals surface area contributed by atoms with Crippen LogP contribution in [0.4, 0.5) is 13.2 Å². The van der Waals surface area contributed by atoms with Crippen LogP contribution in [0.1, 0.15) is 12.0 Å². The predicted molar refractivity (Wildman–Crippen MR) is 67.7 cm³/mol. The largest absolute Gasteiger partial charge is 0.375 e. The van der Waals surface area contributed by atoms with Gasteiger partial charge in [-0.2, -0.15) is 0 Å². The van der Waals surface area contributed by atoms with Crippen LogP contribution in [0.2, 0.25) is 5.02 Å². The number of alkyl halides is 2. The number of hydrogen-bond donors (Lipinski definition) is 2. The number of nitrogens with one attached hydrogen (secondary N) is 1. The molecule has 0 bridgehead atoms. The lowest BCUT2D eigenvalue weighted by Gasteiger charge is -2.16. The van der Waals surface area contributed by atoms with Crippen molar-refractivity contribution in [1.82, 2.24) is 5.43 Å². The van der Waals surface area contributed by atoms with Crippen molar-refractivity contribution in [2.45, 2.75) is 25.3 Å². The highest BCUT2D eigenvalue weighted by molar-refractivity contribution is 6.30. The minimum absolute atomic E-state index is 0.0437. The molecule has 0 radical (unpaired) electrons. The number of benzene rings is 1. The highest BCUT2D eigenvalue weighted by Gasteiger charge is 2.13. The van der Waals surface area contributed by atoms with Crippen molar-refractivity contribution in [2.75, 3.05) is 13.2 Å². The third kappa shape index (κ3) is 5.78. The fourth-order valence-corrected chi connectivity index (χ4v) is 1.81. The van der Waals surface area contributed by atoms with Crippen LogP contribution < -0.4 is 11.3 Å². The normalized spacial score (nSPS) is 12.9. The molecule has 0 spiro atoms. The van der Waals surface area contributed by atoms with E-state index in [2.05, 4.69) is 5.43 Å². The lowest BCUT2D eigenvalue weighted by atomic mass is 10.0. The molecule has 0 aliphatic rings. The van der Waals surface area contributed by atoms with Gasteiger partial charge in [-0.05, 0) is 24.5 Å². The van der Waals surface area contributed by atoms with E-state index in [0.717, 1.165) is 0 Å². The number of rotatable bonds is 8. The standard InChI is InChI=1S/C12H16ClF3N2O/c13-10-3-1-2-8(12(10)16)6-9(18-17)4-5-19-7-11(14)15/h1-3,9,11,18H,4-7,17H2. The van der Waals surface area contributed by atoms with Crippen LogP contribution >= 0.6 is 11.6 Å². The first-order chi connectivity index (χ1) is 9.04. The second-order valence-electron chi connectivity index (χ2n) is 4.04. The maximum Gasteiger partial charge on any atom is 0.261 e. The van der Waals surface area contributed by atoms with E-state index in [4.69, 9.17) is 22.2 Å². The summed E-state index contributed by atoms with van der Waals surface area (Å²) in [7, 11) is 0. The first kappa shape index (κ1) is 16.2. The zero-order valence-electron chi connectivity index (χ0n) is 10.2. The van der Waals surface area contributed by atoms with Crippen LogP contribution in [0, 0.1) is 5.82 Å². The van der Waals surface area contributed by atoms with E-state index >= 15 is 0 Å². The van der Waals surface area contributed by atoms with Gasteiger partial charge in [0, 0.05) is 12.6 Å². The molecule has 0 aliphatic heterocycles. The second kappa shape index (κ2) is 8.37. The summed E-state index contributed by atoms with van der Waals surface area (Å²) in [5.41, 5.74) is 2.93. The Morgan fingerprint density at radius 3 is 2.74 bits per heavy atom. The van der Waals surface area contributed by atoms with Gasteiger partial charge in [-0.1, -0.05) is 23.7 Å². The summed E-state index contributed by atoms with van der Waals surface area (Å²) >= 11 is 5.67. The molecule has 0 saturated carbocycles. The van der Waals surface area contributed by atoms with E-state index in [0.29, 0.717) is 18.4 Å². The number of nitrogens with two attached hydrogens (primary N) is 1. The summed E-state index contributed by atoms with van der Waals surface area (Å²) in [5.74, 6) is 4.85. The van der Waals surface area contributed by atoms with Gasteiger partial charge >= 0.3 is 0 Å². The summed E-state index contributed by atoms with van der Waals surface area (Å²) in [6, 6.07) is 4.43. The molecule has 3 N–H and O–H groups in total. The zero-order chi connectivity index (χ0) is 14.3. The maximum absolute atomic E-state index is 13.7. The number of halogens is 4. The van der Waals surface area contributed by atoms with Crippen LogP contribution in [0.5, 0.6) is 0 Å². The summed E-state index contributed by atoms with van der Waals surface area (Å²) in [4.78, 5) is 0. The molecule has 0 amide bonds. The molecule has 1 rings (SSSR count). The van der Waals surface area contributed by atoms with E-state index in [1.165, 1.54) is 6.07 Å². The number of ether oxygens (including phenoxy) is 1. The molecular weight excluding hydrogens is 281 g/mol. The lowest BCUT2D eigenvalue weighted by Crippen LogP contribution is -2.38. The van der Waals surface area contributed by atoms with E-state index in [1.54, 1.807) is 12.1 Å². The fourth-order valence-electron chi connectivity index (χ4n) is 1.61. The average molecular weight is 297 g/mol. The highest BCUT2D eigenvalue weighted by Crippen LogP contribution is 2.19. The van der Waals surface area contributed by atoms with Crippen LogP contribution in [0.25, 0.3) is 0 Å². The van der Waals surface area contributed by atoms with Crippen molar-refractivity contribution in [3.05, 3.63) is 34.6 Å². The first-order valence-corrected chi connectivity index (χ1v) is 6.17. The van der Waals surface area contributed by atoms with Crippen molar-refractivity contribution >= 4 is 11.6 Å². The molecule has 0 heterocycles. The molecule has 0 saturated heterocycles. The third-order valence-corrected chi connectivity index (χ3v) is 2.88. The summed E-state index contributed by atoms with van der Waals surface area (Å²) in [5, 5.41) is 0.0437. The van der Waals surface area contributed by atoms with Crippen molar-refractivity contribution in [2.24, 2.45) is 5.84 Å². The van der Waals surface area contributed by atoms with E-state index in [1.807, 2.05) is 0 Å². The maximum atomic E-state index is 13.7. The zero-order valence-corrected chi connectivity index (χ0v) is 11.0. The average Bonchev–Trinajstić information content (AvgIpc) is 2.37. The molecule has 1 atom stereocenters. The first-order valence-electron chi connectivity index (χ1n) is 5.79. The molecule has 3 nitrogen and oxygen atoms in total. The molecule has 0 fully saturated rings. The molecule has 0 aliphatic carbocycles. The quantitative estimate of drug-likeness (QED) is 0.440. The molecular formula is C12H16ClF3N2O. The molecule has 0 aromatic heterocycles. The van der Waals surface area contributed by atoms with E-state index in [9.17, 15) is 13.2 Å². The Labute approximate surface area is 114 Å². The Hall–Kier alpha value is -0.820. The smallest absolute Gasteiger partial charge is 0.261 e. The molecule has 1 unspecified atom stereocenters. The Bertz CT molecular complexity index is 393. The highest BCUT2D eigenvalue weighted by atomic mass is 35.5. The van der Waals surface area contributed by atoms with Gasteiger partial charge in [0.2, 0.25) is 0 Å². The van der Waals surface area contributed by atoms with Crippen LogP contribution in [0.3, 0.4) is 0 Å². The topological polar surface area (TPSA) is 47.3 Å². The monoisotopic (exact) mass is 296 g/mol. The Kier molecular flexibility index (Phi) is 7.15. The summed E-state index contributed by atoms with van der Waals surface area (Å²) in [6.45, 7) is -0.482. The van der Waals surface area contributed by atoms with Crippen molar-refractivity contribution in [1.29, 1.82) is 0 Å². The Morgan fingerprint density at radius 1 is 1.37 bits per heavy atom. The lowest BCUT2D eigenvalue weighted by molar-refractivity contribution is 0.0144. The fraction of sp³-hybridized carbons (Fsp3) is 0.500. The van der Waals surface area contributed by atoms with Crippen molar-refractivity contribution in [3.8, 4) is 0 Å². The van der Waals surface area contributed by atoms with Crippen LogP contribution in [-0.2, 0) is 11.2 Å². The van der Waals surface area contributed by atoms with Gasteiger partial charge in [0.15, 0.2) is 0 Å². The van der Waals surface area contributed by atoms with E-state index < -0.39 is 18.8 Å². The molecule has 1 aromatic carbocycles. The van der Waals surface area contributed by atoms with Gasteiger partial charge in [-0.15, -0.1) is 0 Å². The number of hydrogen-bond acceptors (Lipinski definition) is 3. The number of hydrazine groups is 1. The van der Waals surface area contributed by atoms with E-state index in [-0.39, 0.29) is 17.7 Å². The third-order valence-electron chi connectivity index (χ3n) is 2.59. The molecule has 7 heteroatoms. The van der Waals surface area contributed by atoms with Crippen molar-refractivity contribution in [3.63, 3.8) is 0 Å². The van der Waals surface area contributed by atoms with Gasteiger partial charge in [0.1, 0.15) is 12.4 Å². The van der Waals surface area contributed by atoms with Crippen molar-refractivity contribution < 1.29 is 17.9 Å². The van der Waals surface area contributed by atoms with Gasteiger partial charge in [0.25, 0.3) is 6.43 Å². The predicted octanol–water partition coefficient (Wildman–Crippen LogP) is 2.53. The molecule has 19 heavy (non-hydrogen) atoms. The van der Waals surface area contributed by atoms with Gasteiger partial charge < -0.3 is 4.74 Å². The minimum Gasteiger partial charge on any atom is -0.375 e. The molecule has 1 aromatic rings. The SMILES string of the molecule is NNC(CCOCC(F)F)Cc1cccc(Cl)c1F. The van der Waals surface area contributed by atoms with Gasteiger partial charge in [-0.3, -0.25) is 11.3 Å². The summed E-state index contributed by atoms with van der Waals surface area (Å²) < 4.78 is 42.1. The summed E-state index contributed by atoms with van der Waals surface area (Å²) in [6.07, 6.45) is -1.79. The van der Waals surface area contributed by atoms with Crippen LogP contribution in [0.15, 0.2) is 18.2 Å². The second-order valence-corrected chi connectivity index (χ2v) is 4.44. The van der Waals surface area contributed by atoms with Gasteiger partial charge in [-0.25, -0.2) is 13.2 Å².